The van der Waals surface area contributed by atoms with Crippen molar-refractivity contribution in [1.29, 1.82) is 0 Å². The monoisotopic (exact) mass is 258 g/mol. The van der Waals surface area contributed by atoms with Gasteiger partial charge in [-0.3, -0.25) is 4.59 Å². The highest BCUT2D eigenvalue weighted by Gasteiger charge is 2.05. The zero-order chi connectivity index (χ0) is 13.7. The largest absolute Gasteiger partial charge is 0.317 e. The average Bonchev–Trinajstić information content (AvgIpc) is 2.29. The molecule has 0 atom stereocenters. The van der Waals surface area contributed by atoms with E-state index in [4.69, 9.17) is 5.84 Å². The van der Waals surface area contributed by atoms with Gasteiger partial charge in [0.1, 0.15) is 0 Å². The molecule has 0 aliphatic heterocycles. The Bertz CT molecular complexity index is 164. The van der Waals surface area contributed by atoms with E-state index in [-0.39, 0.29) is 0 Å². The SMILES string of the molecule is CCCCCCCCCCNCCC[N+](C)(C)N. The second-order valence-corrected chi connectivity index (χ2v) is 6.08. The van der Waals surface area contributed by atoms with E-state index in [2.05, 4.69) is 12.2 Å². The molecule has 0 aromatic rings. The van der Waals surface area contributed by atoms with Crippen LogP contribution in [0.2, 0.25) is 0 Å². The predicted molar refractivity (Wildman–Crippen MR) is 81.3 cm³/mol. The normalized spacial score (nSPS) is 12.0. The minimum atomic E-state index is 0.583. The molecule has 0 amide bonds. The van der Waals surface area contributed by atoms with Crippen LogP contribution in [-0.2, 0) is 0 Å². The van der Waals surface area contributed by atoms with Gasteiger partial charge in [0.2, 0.25) is 0 Å². The third kappa shape index (κ3) is 15.9. The van der Waals surface area contributed by atoms with Gasteiger partial charge in [-0.2, -0.15) is 5.84 Å². The molecule has 0 unspecified atom stereocenters. The molecule has 0 saturated carbocycles. The summed E-state index contributed by atoms with van der Waals surface area (Å²) >= 11 is 0. The van der Waals surface area contributed by atoms with Crippen LogP contribution in [-0.4, -0.2) is 38.3 Å². The third-order valence-corrected chi connectivity index (χ3v) is 3.30. The molecule has 0 heterocycles. The van der Waals surface area contributed by atoms with E-state index in [1.165, 1.54) is 64.3 Å². The summed E-state index contributed by atoms with van der Waals surface area (Å²) < 4.78 is 0.583. The van der Waals surface area contributed by atoms with Gasteiger partial charge in [-0.15, -0.1) is 0 Å². The molecule has 0 aliphatic rings. The summed E-state index contributed by atoms with van der Waals surface area (Å²) in [5, 5.41) is 3.50. The lowest BCUT2D eigenvalue weighted by atomic mass is 10.1. The number of hydrogen-bond donors (Lipinski definition) is 2. The molecule has 3 heteroatoms. The quantitative estimate of drug-likeness (QED) is 0.231. The summed E-state index contributed by atoms with van der Waals surface area (Å²) in [5.74, 6) is 5.88. The van der Waals surface area contributed by atoms with Gasteiger partial charge in [0, 0.05) is 13.0 Å². The molecule has 18 heavy (non-hydrogen) atoms. The third-order valence-electron chi connectivity index (χ3n) is 3.30. The summed E-state index contributed by atoms with van der Waals surface area (Å²) in [6, 6.07) is 0. The molecule has 0 rings (SSSR count). The van der Waals surface area contributed by atoms with Crippen molar-refractivity contribution in [1.82, 2.24) is 5.32 Å². The fourth-order valence-electron chi connectivity index (χ4n) is 2.12. The van der Waals surface area contributed by atoms with Crippen LogP contribution in [0, 0.1) is 0 Å². The maximum Gasteiger partial charge on any atom is 0.0968 e. The predicted octanol–water partition coefficient (Wildman–Crippen LogP) is 3.06. The van der Waals surface area contributed by atoms with E-state index in [1.54, 1.807) is 0 Å². The van der Waals surface area contributed by atoms with Crippen LogP contribution in [0.3, 0.4) is 0 Å². The smallest absolute Gasteiger partial charge is 0.0968 e. The molecule has 0 bridgehead atoms. The number of quaternary nitrogens is 1. The molecule has 0 aromatic heterocycles. The van der Waals surface area contributed by atoms with Crippen molar-refractivity contribution in [3.05, 3.63) is 0 Å². The first-order valence-corrected chi connectivity index (χ1v) is 7.88. The van der Waals surface area contributed by atoms with E-state index in [1.807, 2.05) is 14.1 Å². The van der Waals surface area contributed by atoms with Crippen LogP contribution < -0.4 is 11.2 Å². The Hall–Kier alpha value is -0.120. The number of nitrogens with two attached hydrogens (primary N) is 1. The lowest BCUT2D eigenvalue weighted by Gasteiger charge is -2.22. The Balaban J connectivity index is 2.99. The van der Waals surface area contributed by atoms with Crippen molar-refractivity contribution >= 4 is 0 Å². The van der Waals surface area contributed by atoms with Crippen LogP contribution in [0.1, 0.15) is 64.7 Å². The van der Waals surface area contributed by atoms with Crippen LogP contribution in [0.15, 0.2) is 0 Å². The van der Waals surface area contributed by atoms with Crippen molar-refractivity contribution < 1.29 is 4.59 Å². The summed E-state index contributed by atoms with van der Waals surface area (Å²) in [7, 11) is 4.08. The Morgan fingerprint density at radius 1 is 0.778 bits per heavy atom. The topological polar surface area (TPSA) is 38.0 Å². The molecule has 0 fully saturated rings. The number of hydrogen-bond acceptors (Lipinski definition) is 2. The maximum atomic E-state index is 5.88. The van der Waals surface area contributed by atoms with Crippen molar-refractivity contribution in [3.8, 4) is 0 Å². The van der Waals surface area contributed by atoms with Crippen molar-refractivity contribution in [2.24, 2.45) is 5.84 Å². The van der Waals surface area contributed by atoms with Crippen molar-refractivity contribution in [2.75, 3.05) is 33.7 Å². The van der Waals surface area contributed by atoms with E-state index in [0.717, 1.165) is 13.1 Å². The summed E-state index contributed by atoms with van der Waals surface area (Å²) in [6.07, 6.45) is 12.4. The highest BCUT2D eigenvalue weighted by molar-refractivity contribution is 4.50. The van der Waals surface area contributed by atoms with E-state index in [0.29, 0.717) is 4.59 Å². The van der Waals surface area contributed by atoms with Crippen LogP contribution >= 0.6 is 0 Å². The highest BCUT2D eigenvalue weighted by Crippen LogP contribution is 2.07. The first-order chi connectivity index (χ1) is 8.56. The van der Waals surface area contributed by atoms with Gasteiger partial charge in [0.25, 0.3) is 0 Å². The number of unbranched alkanes of at least 4 members (excludes halogenated alkanes) is 7. The van der Waals surface area contributed by atoms with Gasteiger partial charge in [-0.1, -0.05) is 51.9 Å². The Morgan fingerprint density at radius 2 is 1.28 bits per heavy atom. The average molecular weight is 258 g/mol. The maximum absolute atomic E-state index is 5.88. The van der Waals surface area contributed by atoms with Crippen LogP contribution in [0.25, 0.3) is 0 Å². The molecule has 0 aliphatic carbocycles. The molecule has 0 spiro atoms. The van der Waals surface area contributed by atoms with Gasteiger partial charge < -0.3 is 5.32 Å². The second-order valence-electron chi connectivity index (χ2n) is 6.08. The molecule has 0 saturated heterocycles. The molecule has 3 N–H and O–H groups in total. The van der Waals surface area contributed by atoms with Crippen LogP contribution in [0.5, 0.6) is 0 Å². The standard InChI is InChI=1S/C15H36N3/c1-4-5-6-7-8-9-10-11-13-17-14-12-15-18(2,3)16/h17H,4-16H2,1-3H3/q+1. The Kier molecular flexibility index (Phi) is 11.9. The molecule has 0 radical (unpaired) electrons. The highest BCUT2D eigenvalue weighted by atomic mass is 15.5. The molecule has 110 valence electrons. The number of nitrogens with zero attached hydrogens (tertiary/aromatic N) is 1. The summed E-state index contributed by atoms with van der Waals surface area (Å²) in [4.78, 5) is 0. The van der Waals surface area contributed by atoms with Crippen LogP contribution in [0.4, 0.5) is 0 Å². The Labute approximate surface area is 115 Å². The minimum absolute atomic E-state index is 0.583. The fourth-order valence-corrected chi connectivity index (χ4v) is 2.12. The summed E-state index contributed by atoms with van der Waals surface area (Å²) in [5.41, 5.74) is 0. The zero-order valence-corrected chi connectivity index (χ0v) is 13.0. The first-order valence-electron chi connectivity index (χ1n) is 7.88. The lowest BCUT2D eigenvalue weighted by Crippen LogP contribution is -2.47. The molecule has 0 aromatic carbocycles. The van der Waals surface area contributed by atoms with Gasteiger partial charge in [0.15, 0.2) is 0 Å². The molecule has 3 nitrogen and oxygen atoms in total. The van der Waals surface area contributed by atoms with Gasteiger partial charge >= 0.3 is 0 Å². The van der Waals surface area contributed by atoms with Crippen molar-refractivity contribution in [3.63, 3.8) is 0 Å². The van der Waals surface area contributed by atoms with Gasteiger partial charge in [-0.05, 0) is 13.0 Å². The number of rotatable bonds is 13. The lowest BCUT2D eigenvalue weighted by molar-refractivity contribution is -0.902. The summed E-state index contributed by atoms with van der Waals surface area (Å²) in [6.45, 7) is 5.60. The van der Waals surface area contributed by atoms with E-state index < -0.39 is 0 Å². The van der Waals surface area contributed by atoms with Crippen molar-refractivity contribution in [2.45, 2.75) is 64.7 Å². The first kappa shape index (κ1) is 17.9. The van der Waals surface area contributed by atoms with E-state index in [9.17, 15) is 0 Å². The van der Waals surface area contributed by atoms with E-state index >= 15 is 0 Å². The zero-order valence-electron chi connectivity index (χ0n) is 13.0. The second kappa shape index (κ2) is 11.9. The number of nitrogens with one attached hydrogen (secondary N) is 1. The minimum Gasteiger partial charge on any atom is -0.317 e. The van der Waals surface area contributed by atoms with Gasteiger partial charge in [0.05, 0.1) is 20.6 Å². The Morgan fingerprint density at radius 3 is 1.83 bits per heavy atom. The van der Waals surface area contributed by atoms with Gasteiger partial charge in [-0.25, -0.2) is 0 Å². The molecular weight excluding hydrogens is 222 g/mol. The molecular formula is C15H36N3+. The fraction of sp³-hybridized carbons (Fsp3) is 1.00.